The first kappa shape index (κ1) is 22.2. The molecule has 0 saturated carbocycles. The highest BCUT2D eigenvalue weighted by Crippen LogP contribution is 2.37. The molecule has 0 aliphatic carbocycles. The van der Waals surface area contributed by atoms with Crippen molar-refractivity contribution < 1.29 is 13.2 Å². The van der Waals surface area contributed by atoms with Crippen LogP contribution in [0.4, 0.5) is 41.6 Å². The van der Waals surface area contributed by atoms with Crippen LogP contribution < -0.4 is 5.73 Å². The summed E-state index contributed by atoms with van der Waals surface area (Å²) in [6.07, 6.45) is -4.39. The predicted octanol–water partition coefficient (Wildman–Crippen LogP) is 9.42. The lowest BCUT2D eigenvalue weighted by atomic mass is 10.1. The van der Waals surface area contributed by atoms with Crippen molar-refractivity contribution in [1.29, 1.82) is 0 Å². The van der Waals surface area contributed by atoms with Crippen LogP contribution in [-0.2, 0) is 6.18 Å². The summed E-state index contributed by atoms with van der Waals surface area (Å²) in [6.45, 7) is 0. The molecular weight excluding hydrogens is 451 g/mol. The van der Waals surface area contributed by atoms with Gasteiger partial charge < -0.3 is 5.73 Å². The number of nitrogen functional groups attached to an aromatic ring is 1. The average molecular weight is 469 g/mol. The number of nitrogens with zero attached hydrogens (tertiary/aromatic N) is 4. The van der Waals surface area contributed by atoms with Crippen LogP contribution in [0, 0.1) is 0 Å². The normalized spacial score (nSPS) is 12.3. The molecule has 0 unspecified atom stereocenters. The number of hydrogen-bond acceptors (Lipinski definition) is 5. The van der Waals surface area contributed by atoms with Gasteiger partial charge in [0.05, 0.1) is 28.3 Å². The highest BCUT2D eigenvalue weighted by molar-refractivity contribution is 6.01. The molecule has 0 aliphatic rings. The summed E-state index contributed by atoms with van der Waals surface area (Å²) < 4.78 is 38.3. The maximum absolute atomic E-state index is 12.8. The van der Waals surface area contributed by atoms with Gasteiger partial charge in [0.1, 0.15) is 0 Å². The Kier molecular flexibility index (Phi) is 5.70. The van der Waals surface area contributed by atoms with E-state index in [1.165, 1.54) is 12.1 Å². The summed E-state index contributed by atoms with van der Waals surface area (Å²) >= 11 is 0. The van der Waals surface area contributed by atoms with Crippen molar-refractivity contribution in [3.8, 4) is 0 Å². The molecule has 5 aromatic carbocycles. The Labute approximate surface area is 198 Å². The molecule has 0 radical (unpaired) electrons. The zero-order valence-corrected chi connectivity index (χ0v) is 18.2. The maximum atomic E-state index is 12.8. The van der Waals surface area contributed by atoms with Crippen molar-refractivity contribution in [2.45, 2.75) is 6.18 Å². The Morgan fingerprint density at radius 3 is 1.43 bits per heavy atom. The van der Waals surface area contributed by atoms with Crippen molar-refractivity contribution in [1.82, 2.24) is 0 Å². The molecule has 0 saturated heterocycles. The average Bonchev–Trinajstić information content (AvgIpc) is 2.87. The molecule has 0 heterocycles. The highest BCUT2D eigenvalue weighted by atomic mass is 19.4. The largest absolute Gasteiger partial charge is 0.416 e. The summed E-state index contributed by atoms with van der Waals surface area (Å²) in [6, 6.07) is 27.0. The third kappa shape index (κ3) is 4.59. The summed E-state index contributed by atoms with van der Waals surface area (Å²) in [5.74, 6) is 0. The summed E-state index contributed by atoms with van der Waals surface area (Å²) in [5, 5.41) is 20.8. The quantitative estimate of drug-likeness (QED) is 0.206. The minimum Gasteiger partial charge on any atom is -0.398 e. The summed E-state index contributed by atoms with van der Waals surface area (Å²) in [5.41, 5.74) is 8.26. The van der Waals surface area contributed by atoms with Gasteiger partial charge in [-0.1, -0.05) is 48.5 Å². The van der Waals surface area contributed by atoms with Crippen molar-refractivity contribution >= 4 is 50.0 Å². The first-order valence-corrected chi connectivity index (χ1v) is 10.7. The van der Waals surface area contributed by atoms with E-state index in [9.17, 15) is 13.2 Å². The van der Waals surface area contributed by atoms with Crippen LogP contribution in [0.2, 0.25) is 0 Å². The molecule has 8 heteroatoms. The molecule has 0 aliphatic heterocycles. The fourth-order valence-corrected chi connectivity index (χ4v) is 3.77. The zero-order valence-electron chi connectivity index (χ0n) is 18.2. The Bertz CT molecular complexity index is 1590. The molecular formula is C27H18F3N5. The van der Waals surface area contributed by atoms with Gasteiger partial charge in [-0.25, -0.2) is 0 Å². The van der Waals surface area contributed by atoms with E-state index in [4.69, 9.17) is 5.73 Å². The molecule has 5 nitrogen and oxygen atoms in total. The van der Waals surface area contributed by atoms with E-state index in [1.807, 2.05) is 54.6 Å². The fraction of sp³-hybridized carbons (Fsp3) is 0.0370. The second-order valence-corrected chi connectivity index (χ2v) is 7.81. The van der Waals surface area contributed by atoms with E-state index >= 15 is 0 Å². The number of azo groups is 2. The SMILES string of the molecule is Nc1ccc(/N=N/c2ccc(/N=N/c3ccc(C(F)(F)F)cc3)c3ccccc23)c2ccccc12. The van der Waals surface area contributed by atoms with Gasteiger partial charge in [0.2, 0.25) is 0 Å². The zero-order chi connectivity index (χ0) is 24.4. The molecule has 0 aromatic heterocycles. The number of benzene rings is 5. The number of fused-ring (bicyclic) bond motifs is 2. The molecule has 35 heavy (non-hydrogen) atoms. The van der Waals surface area contributed by atoms with Gasteiger partial charge >= 0.3 is 6.18 Å². The van der Waals surface area contributed by atoms with Gasteiger partial charge in [-0.15, -0.1) is 15.3 Å². The minimum atomic E-state index is -4.39. The van der Waals surface area contributed by atoms with Crippen molar-refractivity contribution in [3.05, 3.63) is 103 Å². The van der Waals surface area contributed by atoms with Gasteiger partial charge in [0.25, 0.3) is 0 Å². The molecule has 0 fully saturated rings. The lowest BCUT2D eigenvalue weighted by molar-refractivity contribution is -0.137. The number of nitrogens with two attached hydrogens (primary N) is 1. The lowest BCUT2D eigenvalue weighted by Crippen LogP contribution is -2.03. The third-order valence-corrected chi connectivity index (χ3v) is 5.55. The topological polar surface area (TPSA) is 75.5 Å². The molecule has 2 N–H and O–H groups in total. The van der Waals surface area contributed by atoms with Crippen molar-refractivity contribution in [2.24, 2.45) is 20.5 Å². The first-order valence-electron chi connectivity index (χ1n) is 10.7. The minimum absolute atomic E-state index is 0.320. The molecule has 0 amide bonds. The van der Waals surface area contributed by atoms with E-state index in [-0.39, 0.29) is 0 Å². The van der Waals surface area contributed by atoms with Crippen LogP contribution in [-0.4, -0.2) is 0 Å². The number of anilines is 1. The van der Waals surface area contributed by atoms with E-state index < -0.39 is 11.7 Å². The van der Waals surface area contributed by atoms with E-state index in [2.05, 4.69) is 20.5 Å². The van der Waals surface area contributed by atoms with Crippen molar-refractivity contribution in [3.63, 3.8) is 0 Å². The predicted molar refractivity (Wildman–Crippen MR) is 132 cm³/mol. The fourth-order valence-electron chi connectivity index (χ4n) is 3.77. The highest BCUT2D eigenvalue weighted by Gasteiger charge is 2.29. The van der Waals surface area contributed by atoms with E-state index in [1.54, 1.807) is 18.2 Å². The molecule has 0 bridgehead atoms. The lowest BCUT2D eigenvalue weighted by Gasteiger charge is -2.06. The van der Waals surface area contributed by atoms with Crippen LogP contribution in [0.15, 0.2) is 118 Å². The second kappa shape index (κ2) is 8.98. The van der Waals surface area contributed by atoms with E-state index in [0.29, 0.717) is 28.4 Å². The smallest absolute Gasteiger partial charge is 0.398 e. The Morgan fingerprint density at radius 1 is 0.486 bits per heavy atom. The molecule has 0 atom stereocenters. The van der Waals surface area contributed by atoms with Crippen LogP contribution in [0.3, 0.4) is 0 Å². The Balaban J connectivity index is 1.48. The molecule has 172 valence electrons. The van der Waals surface area contributed by atoms with Gasteiger partial charge in [-0.2, -0.15) is 18.3 Å². The first-order chi connectivity index (χ1) is 16.9. The van der Waals surface area contributed by atoms with Gasteiger partial charge in [-0.3, -0.25) is 0 Å². The number of rotatable bonds is 4. The van der Waals surface area contributed by atoms with Crippen LogP contribution >= 0.6 is 0 Å². The van der Waals surface area contributed by atoms with Crippen LogP contribution in [0.25, 0.3) is 21.5 Å². The van der Waals surface area contributed by atoms with Crippen LogP contribution in [0.1, 0.15) is 5.56 Å². The number of hydrogen-bond donors (Lipinski definition) is 1. The molecule has 0 spiro atoms. The monoisotopic (exact) mass is 469 g/mol. The maximum Gasteiger partial charge on any atom is 0.416 e. The number of halogens is 3. The van der Waals surface area contributed by atoms with Gasteiger partial charge in [0, 0.05) is 27.2 Å². The Hall–Kier alpha value is -4.59. The standard InChI is InChI=1S/C27H18F3N5/c28-27(29,30)17-9-11-18(12-10-17)32-33-25-15-16-26(22-8-4-3-7-21(22)25)35-34-24-14-13-23(31)19-5-1-2-6-20(19)24/h1-16H,31H2/b33-32+,35-34+. The second-order valence-electron chi connectivity index (χ2n) is 7.81. The summed E-state index contributed by atoms with van der Waals surface area (Å²) in [7, 11) is 0. The number of alkyl halides is 3. The summed E-state index contributed by atoms with van der Waals surface area (Å²) in [4.78, 5) is 0. The Morgan fingerprint density at radius 2 is 0.914 bits per heavy atom. The molecule has 5 rings (SSSR count). The van der Waals surface area contributed by atoms with Crippen molar-refractivity contribution in [2.75, 3.05) is 5.73 Å². The van der Waals surface area contributed by atoms with Gasteiger partial charge in [-0.05, 0) is 48.5 Å². The van der Waals surface area contributed by atoms with Gasteiger partial charge in [0.15, 0.2) is 0 Å². The van der Waals surface area contributed by atoms with Crippen LogP contribution in [0.5, 0.6) is 0 Å². The van der Waals surface area contributed by atoms with E-state index in [0.717, 1.165) is 33.7 Å². The molecule has 5 aromatic rings. The third-order valence-electron chi connectivity index (χ3n) is 5.55.